The molecular formula is C17H24N2OS. The summed E-state index contributed by atoms with van der Waals surface area (Å²) in [4.78, 5) is 6.16. The van der Waals surface area contributed by atoms with E-state index in [1.165, 1.54) is 16.1 Å². The van der Waals surface area contributed by atoms with Gasteiger partial charge < -0.3 is 10.1 Å². The molecule has 0 fully saturated rings. The molecule has 0 aliphatic heterocycles. The van der Waals surface area contributed by atoms with Gasteiger partial charge >= 0.3 is 0 Å². The number of aromatic nitrogens is 1. The zero-order valence-electron chi connectivity index (χ0n) is 13.3. The van der Waals surface area contributed by atoms with E-state index in [1.54, 1.807) is 7.11 Å². The number of methoxy groups -OCH3 is 1. The summed E-state index contributed by atoms with van der Waals surface area (Å²) in [6.45, 7) is 7.41. The first kappa shape index (κ1) is 16.0. The molecule has 0 radical (unpaired) electrons. The van der Waals surface area contributed by atoms with Crippen LogP contribution < -0.4 is 10.1 Å². The van der Waals surface area contributed by atoms with Gasteiger partial charge in [0.1, 0.15) is 5.75 Å². The second kappa shape index (κ2) is 7.57. The van der Waals surface area contributed by atoms with Gasteiger partial charge in [-0.15, -0.1) is 11.3 Å². The van der Waals surface area contributed by atoms with E-state index in [0.717, 1.165) is 30.1 Å². The zero-order chi connectivity index (χ0) is 15.2. The molecule has 114 valence electrons. The minimum absolute atomic E-state index is 0.495. The third-order valence-corrected chi connectivity index (χ3v) is 4.46. The highest BCUT2D eigenvalue weighted by Gasteiger charge is 2.12. The van der Waals surface area contributed by atoms with Gasteiger partial charge in [-0.3, -0.25) is 0 Å². The van der Waals surface area contributed by atoms with Gasteiger partial charge in [-0.1, -0.05) is 39.0 Å². The number of ether oxygens (including phenoxy) is 1. The molecule has 1 heterocycles. The summed E-state index contributed by atoms with van der Waals surface area (Å²) >= 11 is 1.81. The summed E-state index contributed by atoms with van der Waals surface area (Å²) in [5.41, 5.74) is 2.41. The van der Waals surface area contributed by atoms with E-state index >= 15 is 0 Å². The molecule has 2 aromatic rings. The van der Waals surface area contributed by atoms with Crippen LogP contribution in [0.25, 0.3) is 0 Å². The van der Waals surface area contributed by atoms with Gasteiger partial charge in [-0.25, -0.2) is 4.98 Å². The molecular weight excluding hydrogens is 280 g/mol. The van der Waals surface area contributed by atoms with Crippen molar-refractivity contribution >= 4 is 11.3 Å². The number of thiazole rings is 1. The fourth-order valence-electron chi connectivity index (χ4n) is 2.24. The smallest absolute Gasteiger partial charge is 0.122 e. The maximum Gasteiger partial charge on any atom is 0.122 e. The van der Waals surface area contributed by atoms with E-state index in [1.807, 2.05) is 29.5 Å². The fourth-order valence-corrected chi connectivity index (χ4v) is 3.37. The van der Waals surface area contributed by atoms with E-state index in [-0.39, 0.29) is 0 Å². The Hall–Kier alpha value is -1.39. The third-order valence-electron chi connectivity index (χ3n) is 3.36. The highest BCUT2D eigenvalue weighted by Crippen LogP contribution is 2.26. The Morgan fingerprint density at radius 3 is 2.71 bits per heavy atom. The standard InChI is InChI=1S/C17H24N2OS/c1-5-14-16(11-18-12(2)3)21-17(19-14)10-13-8-6-7-9-15(13)20-4/h6-9,12,18H,5,10-11H2,1-4H3. The lowest BCUT2D eigenvalue weighted by Crippen LogP contribution is -2.21. The average Bonchev–Trinajstić information content (AvgIpc) is 2.87. The number of rotatable bonds is 7. The number of para-hydroxylation sites is 1. The summed E-state index contributed by atoms with van der Waals surface area (Å²) in [7, 11) is 1.72. The molecule has 2 rings (SSSR count). The van der Waals surface area contributed by atoms with Crippen molar-refractivity contribution in [1.82, 2.24) is 10.3 Å². The van der Waals surface area contributed by atoms with Gasteiger partial charge in [0.25, 0.3) is 0 Å². The van der Waals surface area contributed by atoms with Gasteiger partial charge in [0, 0.05) is 29.4 Å². The minimum Gasteiger partial charge on any atom is -0.496 e. The quantitative estimate of drug-likeness (QED) is 0.845. The summed E-state index contributed by atoms with van der Waals surface area (Å²) in [5, 5.41) is 4.65. The van der Waals surface area contributed by atoms with Crippen LogP contribution in [0.1, 0.15) is 41.9 Å². The van der Waals surface area contributed by atoms with Crippen molar-refractivity contribution < 1.29 is 4.74 Å². The second-order valence-corrected chi connectivity index (χ2v) is 6.52. The van der Waals surface area contributed by atoms with Crippen LogP contribution in [0.2, 0.25) is 0 Å². The molecule has 0 saturated carbocycles. The van der Waals surface area contributed by atoms with Crippen molar-refractivity contribution in [1.29, 1.82) is 0 Å². The van der Waals surface area contributed by atoms with Crippen LogP contribution in [0.15, 0.2) is 24.3 Å². The molecule has 0 spiro atoms. The Morgan fingerprint density at radius 1 is 1.29 bits per heavy atom. The average molecular weight is 304 g/mol. The van der Waals surface area contributed by atoms with Crippen LogP contribution in [-0.4, -0.2) is 18.1 Å². The zero-order valence-corrected chi connectivity index (χ0v) is 14.1. The van der Waals surface area contributed by atoms with Crippen LogP contribution in [-0.2, 0) is 19.4 Å². The molecule has 0 unspecified atom stereocenters. The van der Waals surface area contributed by atoms with Crippen LogP contribution in [0, 0.1) is 0 Å². The maximum atomic E-state index is 5.42. The normalized spacial score (nSPS) is 11.1. The van der Waals surface area contributed by atoms with Crippen molar-refractivity contribution in [3.63, 3.8) is 0 Å². The first-order valence-corrected chi connectivity index (χ1v) is 8.28. The monoisotopic (exact) mass is 304 g/mol. The van der Waals surface area contributed by atoms with Crippen molar-refractivity contribution in [2.45, 2.75) is 46.2 Å². The highest BCUT2D eigenvalue weighted by molar-refractivity contribution is 7.11. The Kier molecular flexibility index (Phi) is 5.76. The molecule has 1 aromatic carbocycles. The van der Waals surface area contributed by atoms with E-state index in [2.05, 4.69) is 32.2 Å². The fraction of sp³-hybridized carbons (Fsp3) is 0.471. The van der Waals surface area contributed by atoms with Crippen LogP contribution in [0.4, 0.5) is 0 Å². The Balaban J connectivity index is 2.17. The van der Waals surface area contributed by atoms with E-state index < -0.39 is 0 Å². The molecule has 21 heavy (non-hydrogen) atoms. The van der Waals surface area contributed by atoms with Crippen molar-refractivity contribution in [2.75, 3.05) is 7.11 Å². The first-order chi connectivity index (χ1) is 10.1. The maximum absolute atomic E-state index is 5.42. The van der Waals surface area contributed by atoms with Crippen molar-refractivity contribution in [2.24, 2.45) is 0 Å². The first-order valence-electron chi connectivity index (χ1n) is 7.46. The number of nitrogens with zero attached hydrogens (tertiary/aromatic N) is 1. The summed E-state index contributed by atoms with van der Waals surface area (Å²) in [6, 6.07) is 8.66. The predicted molar refractivity (Wildman–Crippen MR) is 89.3 cm³/mol. The Bertz CT molecular complexity index is 578. The molecule has 4 heteroatoms. The molecule has 0 atom stereocenters. The molecule has 1 aromatic heterocycles. The van der Waals surface area contributed by atoms with Gasteiger partial charge in [0.15, 0.2) is 0 Å². The van der Waals surface area contributed by atoms with Gasteiger partial charge in [-0.2, -0.15) is 0 Å². The number of hydrogen-bond acceptors (Lipinski definition) is 4. The largest absolute Gasteiger partial charge is 0.496 e. The van der Waals surface area contributed by atoms with E-state index in [0.29, 0.717) is 6.04 Å². The predicted octanol–water partition coefficient (Wildman–Crippen LogP) is 3.80. The Labute approximate surface area is 131 Å². The van der Waals surface area contributed by atoms with Gasteiger partial charge in [0.05, 0.1) is 17.8 Å². The molecule has 3 nitrogen and oxygen atoms in total. The molecule has 0 saturated heterocycles. The number of benzene rings is 1. The Morgan fingerprint density at radius 2 is 2.05 bits per heavy atom. The molecule has 0 amide bonds. The third kappa shape index (κ3) is 4.29. The van der Waals surface area contributed by atoms with E-state index in [4.69, 9.17) is 9.72 Å². The molecule has 0 aliphatic carbocycles. The lowest BCUT2D eigenvalue weighted by atomic mass is 10.1. The van der Waals surface area contributed by atoms with Gasteiger partial charge in [-0.05, 0) is 12.5 Å². The topological polar surface area (TPSA) is 34.1 Å². The molecule has 1 N–H and O–H groups in total. The summed E-state index contributed by atoms with van der Waals surface area (Å²) in [5.74, 6) is 0.938. The van der Waals surface area contributed by atoms with Crippen molar-refractivity contribution in [3.05, 3.63) is 45.4 Å². The van der Waals surface area contributed by atoms with Crippen molar-refractivity contribution in [3.8, 4) is 5.75 Å². The molecule has 0 aliphatic rings. The van der Waals surface area contributed by atoms with Crippen LogP contribution in [0.3, 0.4) is 0 Å². The van der Waals surface area contributed by atoms with Crippen LogP contribution in [0.5, 0.6) is 5.75 Å². The minimum atomic E-state index is 0.495. The van der Waals surface area contributed by atoms with E-state index in [9.17, 15) is 0 Å². The lowest BCUT2D eigenvalue weighted by Gasteiger charge is -2.06. The summed E-state index contributed by atoms with van der Waals surface area (Å²) < 4.78 is 5.42. The number of hydrogen-bond donors (Lipinski definition) is 1. The SMILES string of the molecule is CCc1nc(Cc2ccccc2OC)sc1CNC(C)C. The number of aryl methyl sites for hydroxylation is 1. The highest BCUT2D eigenvalue weighted by atomic mass is 32.1. The lowest BCUT2D eigenvalue weighted by molar-refractivity contribution is 0.410. The summed E-state index contributed by atoms with van der Waals surface area (Å²) in [6.07, 6.45) is 1.82. The molecule has 0 bridgehead atoms. The number of nitrogens with one attached hydrogen (secondary N) is 1. The van der Waals surface area contributed by atoms with Gasteiger partial charge in [0.2, 0.25) is 0 Å². The van der Waals surface area contributed by atoms with Crippen LogP contribution >= 0.6 is 11.3 Å². The second-order valence-electron chi connectivity index (χ2n) is 5.36.